The first kappa shape index (κ1) is 16.1. The number of alkyl halides is 4. The number of amides is 1. The van der Waals surface area contributed by atoms with Gasteiger partial charge in [-0.05, 0) is 37.8 Å². The van der Waals surface area contributed by atoms with E-state index in [4.69, 9.17) is 11.6 Å². The summed E-state index contributed by atoms with van der Waals surface area (Å²) < 4.78 is 51.7. The zero-order valence-electron chi connectivity index (χ0n) is 11.0. The van der Waals surface area contributed by atoms with Crippen molar-refractivity contribution in [1.29, 1.82) is 0 Å². The Labute approximate surface area is 124 Å². The largest absolute Gasteiger partial charge is 0.419 e. The van der Waals surface area contributed by atoms with Crippen LogP contribution in [0.2, 0.25) is 0 Å². The molecule has 1 aliphatic rings. The van der Waals surface area contributed by atoms with E-state index >= 15 is 0 Å². The monoisotopic (exact) mass is 323 g/mol. The summed E-state index contributed by atoms with van der Waals surface area (Å²) in [5, 5.41) is 2.63. The Hall–Kier alpha value is -1.30. The Balaban J connectivity index is 2.13. The number of halogens is 5. The minimum atomic E-state index is -4.82. The number of carbonyl (C=O) groups excluding carboxylic acids is 1. The van der Waals surface area contributed by atoms with Crippen LogP contribution in [0.15, 0.2) is 18.2 Å². The van der Waals surface area contributed by atoms with Crippen molar-refractivity contribution in [3.8, 4) is 0 Å². The van der Waals surface area contributed by atoms with Crippen molar-refractivity contribution in [3.63, 3.8) is 0 Å². The first-order valence-electron chi connectivity index (χ1n) is 6.59. The van der Waals surface area contributed by atoms with Gasteiger partial charge in [0.2, 0.25) is 0 Å². The highest BCUT2D eigenvalue weighted by Crippen LogP contribution is 2.32. The van der Waals surface area contributed by atoms with Gasteiger partial charge in [-0.2, -0.15) is 13.2 Å². The molecule has 0 aliphatic heterocycles. The number of rotatable bonds is 2. The van der Waals surface area contributed by atoms with E-state index in [1.165, 1.54) is 0 Å². The van der Waals surface area contributed by atoms with Crippen molar-refractivity contribution in [2.45, 2.75) is 43.3 Å². The number of benzene rings is 1. The van der Waals surface area contributed by atoms with Gasteiger partial charge in [0.1, 0.15) is 5.82 Å². The fourth-order valence-electron chi connectivity index (χ4n) is 2.39. The van der Waals surface area contributed by atoms with Crippen LogP contribution in [0.4, 0.5) is 17.6 Å². The Morgan fingerprint density at radius 3 is 2.38 bits per heavy atom. The lowest BCUT2D eigenvalue weighted by Crippen LogP contribution is -2.38. The van der Waals surface area contributed by atoms with Crippen LogP contribution >= 0.6 is 11.6 Å². The van der Waals surface area contributed by atoms with Gasteiger partial charge in [0.25, 0.3) is 5.91 Å². The van der Waals surface area contributed by atoms with Crippen LogP contribution in [-0.4, -0.2) is 17.3 Å². The summed E-state index contributed by atoms with van der Waals surface area (Å²) in [6, 6.07) is 2.51. The van der Waals surface area contributed by atoms with Crippen LogP contribution in [0, 0.1) is 5.82 Å². The second kappa shape index (κ2) is 6.22. The smallest absolute Gasteiger partial charge is 0.349 e. The van der Waals surface area contributed by atoms with Crippen molar-refractivity contribution in [2.24, 2.45) is 0 Å². The molecule has 1 aromatic carbocycles. The maximum absolute atomic E-state index is 13.8. The first-order chi connectivity index (χ1) is 9.79. The molecule has 0 heterocycles. The summed E-state index contributed by atoms with van der Waals surface area (Å²) >= 11 is 5.93. The maximum atomic E-state index is 13.8. The highest BCUT2D eigenvalue weighted by molar-refractivity contribution is 6.20. The minimum Gasteiger partial charge on any atom is -0.349 e. The summed E-state index contributed by atoms with van der Waals surface area (Å²) in [6.45, 7) is 0. The molecule has 1 aromatic rings. The van der Waals surface area contributed by atoms with Crippen LogP contribution in [0.1, 0.15) is 41.6 Å². The van der Waals surface area contributed by atoms with E-state index in [-0.39, 0.29) is 11.4 Å². The average Bonchev–Trinajstić information content (AvgIpc) is 2.40. The molecule has 0 spiro atoms. The van der Waals surface area contributed by atoms with Gasteiger partial charge in [0, 0.05) is 11.4 Å². The molecule has 0 radical (unpaired) electrons. The number of hydrogen-bond acceptors (Lipinski definition) is 1. The zero-order valence-corrected chi connectivity index (χ0v) is 11.8. The van der Waals surface area contributed by atoms with Gasteiger partial charge >= 0.3 is 6.18 Å². The Morgan fingerprint density at radius 2 is 1.81 bits per heavy atom. The molecule has 0 saturated heterocycles. The topological polar surface area (TPSA) is 29.1 Å². The highest BCUT2D eigenvalue weighted by atomic mass is 35.5. The van der Waals surface area contributed by atoms with Gasteiger partial charge < -0.3 is 5.32 Å². The fraction of sp³-hybridized carbons (Fsp3) is 0.500. The van der Waals surface area contributed by atoms with Crippen LogP contribution < -0.4 is 5.32 Å². The second-order valence-corrected chi connectivity index (χ2v) is 5.70. The zero-order chi connectivity index (χ0) is 15.6. The summed E-state index contributed by atoms with van der Waals surface area (Å²) in [5.74, 6) is -2.36. The third-order valence-electron chi connectivity index (χ3n) is 3.54. The Bertz CT molecular complexity index is 524. The van der Waals surface area contributed by atoms with Crippen LogP contribution in [-0.2, 0) is 6.18 Å². The predicted molar refractivity (Wildman–Crippen MR) is 70.8 cm³/mol. The van der Waals surface area contributed by atoms with Crippen molar-refractivity contribution in [2.75, 3.05) is 0 Å². The third-order valence-corrected chi connectivity index (χ3v) is 3.98. The molecule has 2 nitrogen and oxygen atoms in total. The molecule has 1 saturated carbocycles. The summed E-state index contributed by atoms with van der Waals surface area (Å²) in [6.07, 6.45) is -2.10. The van der Waals surface area contributed by atoms with Crippen LogP contribution in [0.5, 0.6) is 0 Å². The van der Waals surface area contributed by atoms with Gasteiger partial charge in [-0.1, -0.05) is 6.07 Å². The lowest BCUT2D eigenvalue weighted by atomic mass is 9.94. The molecule has 2 rings (SSSR count). The van der Waals surface area contributed by atoms with Gasteiger partial charge in [0.15, 0.2) is 0 Å². The minimum absolute atomic E-state index is 0.0587. The quantitative estimate of drug-likeness (QED) is 0.643. The highest BCUT2D eigenvalue weighted by Gasteiger charge is 2.36. The molecule has 1 fully saturated rings. The van der Waals surface area contributed by atoms with Gasteiger partial charge in [-0.25, -0.2) is 4.39 Å². The number of nitrogens with one attached hydrogen (secondary N) is 1. The normalized spacial score (nSPS) is 22.9. The summed E-state index contributed by atoms with van der Waals surface area (Å²) in [7, 11) is 0. The van der Waals surface area contributed by atoms with E-state index in [0.717, 1.165) is 25.0 Å². The molecule has 116 valence electrons. The maximum Gasteiger partial charge on any atom is 0.419 e. The number of hydrogen-bond donors (Lipinski definition) is 1. The van der Waals surface area contributed by atoms with E-state index in [1.54, 1.807) is 0 Å². The van der Waals surface area contributed by atoms with E-state index in [9.17, 15) is 22.4 Å². The van der Waals surface area contributed by atoms with Crippen molar-refractivity contribution < 1.29 is 22.4 Å². The molecular weight excluding hydrogens is 310 g/mol. The van der Waals surface area contributed by atoms with Crippen molar-refractivity contribution in [3.05, 3.63) is 35.1 Å². The Morgan fingerprint density at radius 1 is 1.19 bits per heavy atom. The molecule has 0 unspecified atom stereocenters. The van der Waals surface area contributed by atoms with Crippen molar-refractivity contribution in [1.82, 2.24) is 5.32 Å². The SMILES string of the molecule is O=C(NC1CCC(Cl)CC1)c1cccc(C(F)(F)F)c1F. The lowest BCUT2D eigenvalue weighted by Gasteiger charge is -2.26. The fourth-order valence-corrected chi connectivity index (χ4v) is 2.64. The standard InChI is InChI=1S/C14H14ClF4NO/c15-8-4-6-9(7-5-8)20-13(21)10-2-1-3-11(12(10)16)14(17,18)19/h1-3,8-9H,4-7H2,(H,20,21). The van der Waals surface area contributed by atoms with Gasteiger partial charge in [-0.15, -0.1) is 11.6 Å². The summed E-state index contributed by atoms with van der Waals surface area (Å²) in [5.41, 5.74) is -2.02. The molecule has 7 heteroatoms. The molecule has 1 aliphatic carbocycles. The molecule has 1 N–H and O–H groups in total. The van der Waals surface area contributed by atoms with Gasteiger partial charge in [0.05, 0.1) is 11.1 Å². The van der Waals surface area contributed by atoms with Crippen LogP contribution in [0.3, 0.4) is 0 Å². The molecule has 21 heavy (non-hydrogen) atoms. The molecule has 0 aromatic heterocycles. The van der Waals surface area contributed by atoms with Gasteiger partial charge in [-0.3, -0.25) is 4.79 Å². The molecule has 1 amide bonds. The van der Waals surface area contributed by atoms with Crippen LogP contribution in [0.25, 0.3) is 0 Å². The predicted octanol–water partition coefficient (Wildman–Crippen LogP) is 4.12. The molecule has 0 bridgehead atoms. The third kappa shape index (κ3) is 3.87. The summed E-state index contributed by atoms with van der Waals surface area (Å²) in [4.78, 5) is 11.9. The average molecular weight is 324 g/mol. The molecular formula is C14H14ClF4NO. The molecule has 0 atom stereocenters. The first-order valence-corrected chi connectivity index (χ1v) is 7.03. The van der Waals surface area contributed by atoms with E-state index in [1.807, 2.05) is 0 Å². The van der Waals surface area contributed by atoms with E-state index < -0.39 is 29.0 Å². The van der Waals surface area contributed by atoms with E-state index in [0.29, 0.717) is 18.9 Å². The van der Waals surface area contributed by atoms with Crippen molar-refractivity contribution >= 4 is 17.5 Å². The lowest BCUT2D eigenvalue weighted by molar-refractivity contribution is -0.140. The van der Waals surface area contributed by atoms with E-state index in [2.05, 4.69) is 5.32 Å². The Kier molecular flexibility index (Phi) is 4.76. The second-order valence-electron chi connectivity index (χ2n) is 5.09. The number of carbonyl (C=O) groups is 1.